The van der Waals surface area contributed by atoms with Gasteiger partial charge in [0.15, 0.2) is 5.82 Å². The maximum absolute atomic E-state index is 12.7. The van der Waals surface area contributed by atoms with Crippen LogP contribution in [0.4, 0.5) is 0 Å². The Morgan fingerprint density at radius 2 is 1.93 bits per heavy atom. The number of nitrogens with zero attached hydrogens (tertiary/aromatic N) is 3. The molecule has 2 aromatic rings. The largest absolute Gasteiger partial charge is 0.352 e. The molecule has 0 aliphatic heterocycles. The van der Waals surface area contributed by atoms with Gasteiger partial charge < -0.3 is 9.84 Å². The lowest BCUT2D eigenvalue weighted by Crippen LogP contribution is -2.31. The number of hydrogen-bond acceptors (Lipinski definition) is 6. The van der Waals surface area contributed by atoms with Gasteiger partial charge >= 0.3 is 0 Å². The molecule has 0 aliphatic carbocycles. The minimum Gasteiger partial charge on any atom is -0.352 e. The number of carbonyl (C=O) groups is 1. The molecule has 1 N–H and O–H groups in total. The molecule has 0 aliphatic rings. The Balaban J connectivity index is 2.01. The number of benzene rings is 1. The van der Waals surface area contributed by atoms with Crippen LogP contribution in [-0.4, -0.2) is 48.4 Å². The Kier molecular flexibility index (Phi) is 7.92. The smallest absolute Gasteiger partial charge is 0.251 e. The Bertz CT molecular complexity index is 934. The van der Waals surface area contributed by atoms with Crippen LogP contribution in [0.2, 0.25) is 0 Å². The van der Waals surface area contributed by atoms with E-state index in [9.17, 15) is 13.2 Å². The van der Waals surface area contributed by atoms with Crippen molar-refractivity contribution in [2.24, 2.45) is 0 Å². The highest BCUT2D eigenvalue weighted by molar-refractivity contribution is 7.89. The number of nitrogens with one attached hydrogen (secondary N) is 1. The van der Waals surface area contributed by atoms with E-state index in [1.165, 1.54) is 10.4 Å². The molecule has 1 aromatic carbocycles. The molecule has 0 bridgehead atoms. The van der Waals surface area contributed by atoms with Gasteiger partial charge in [-0.1, -0.05) is 38.9 Å². The highest BCUT2D eigenvalue weighted by Crippen LogP contribution is 2.19. The van der Waals surface area contributed by atoms with E-state index in [1.54, 1.807) is 32.9 Å². The molecule has 0 radical (unpaired) electrons. The summed E-state index contributed by atoms with van der Waals surface area (Å²) >= 11 is 0. The van der Waals surface area contributed by atoms with Crippen molar-refractivity contribution in [2.75, 3.05) is 19.6 Å². The van der Waals surface area contributed by atoms with Gasteiger partial charge in [-0.2, -0.15) is 9.29 Å². The molecule has 1 heterocycles. The second-order valence-corrected chi connectivity index (χ2v) is 9.06. The van der Waals surface area contributed by atoms with Gasteiger partial charge in [-0.3, -0.25) is 4.79 Å². The quantitative estimate of drug-likeness (QED) is 0.590. The predicted molar refractivity (Wildman–Crippen MR) is 110 cm³/mol. The van der Waals surface area contributed by atoms with E-state index in [0.29, 0.717) is 49.8 Å². The summed E-state index contributed by atoms with van der Waals surface area (Å²) in [6.07, 6.45) is 1.21. The molecule has 0 unspecified atom stereocenters. The van der Waals surface area contributed by atoms with Crippen LogP contribution in [0, 0.1) is 6.92 Å². The van der Waals surface area contributed by atoms with E-state index < -0.39 is 10.0 Å². The van der Waals surface area contributed by atoms with Crippen molar-refractivity contribution in [2.45, 2.75) is 58.3 Å². The molecular formula is C20H30N4O4S. The van der Waals surface area contributed by atoms with Crippen molar-refractivity contribution in [3.63, 3.8) is 0 Å². The fraction of sp³-hybridized carbons (Fsp3) is 0.550. The number of carbonyl (C=O) groups excluding carboxylic acids is 1. The van der Waals surface area contributed by atoms with Gasteiger partial charge in [0.2, 0.25) is 15.9 Å². The number of aromatic nitrogens is 2. The van der Waals surface area contributed by atoms with Crippen molar-refractivity contribution in [3.8, 4) is 0 Å². The first-order valence-electron chi connectivity index (χ1n) is 9.92. The van der Waals surface area contributed by atoms with E-state index in [1.807, 2.05) is 13.8 Å². The van der Waals surface area contributed by atoms with Crippen LogP contribution in [0.25, 0.3) is 0 Å². The molecule has 0 saturated heterocycles. The number of hydrogen-bond donors (Lipinski definition) is 1. The second kappa shape index (κ2) is 9.98. The lowest BCUT2D eigenvalue weighted by atomic mass is 10.1. The van der Waals surface area contributed by atoms with Crippen molar-refractivity contribution in [1.29, 1.82) is 0 Å². The van der Waals surface area contributed by atoms with Gasteiger partial charge in [-0.15, -0.1) is 0 Å². The summed E-state index contributed by atoms with van der Waals surface area (Å²) in [7, 11) is -3.61. The minimum absolute atomic E-state index is 0.129. The summed E-state index contributed by atoms with van der Waals surface area (Å²) in [6.45, 7) is 10.5. The lowest BCUT2D eigenvalue weighted by molar-refractivity contribution is 0.0952. The number of sulfonamides is 1. The van der Waals surface area contributed by atoms with Crippen LogP contribution >= 0.6 is 0 Å². The summed E-state index contributed by atoms with van der Waals surface area (Å²) < 4.78 is 32.0. The maximum Gasteiger partial charge on any atom is 0.251 e. The van der Waals surface area contributed by atoms with Gasteiger partial charge in [0.25, 0.3) is 5.91 Å². The molecule has 160 valence electrons. The summed E-state index contributed by atoms with van der Waals surface area (Å²) in [4.78, 5) is 17.0. The molecule has 9 heteroatoms. The maximum atomic E-state index is 12.7. The number of amides is 1. The van der Waals surface area contributed by atoms with E-state index in [4.69, 9.17) is 4.52 Å². The first-order chi connectivity index (χ1) is 13.7. The zero-order valence-corrected chi connectivity index (χ0v) is 18.5. The first kappa shape index (κ1) is 23.0. The SMILES string of the molecule is CCN(CC)S(=O)(=O)c1ccc(C)c(C(=O)NCCCc2nc(C(C)C)no2)c1. The molecule has 8 nitrogen and oxygen atoms in total. The Morgan fingerprint density at radius 3 is 2.52 bits per heavy atom. The average molecular weight is 423 g/mol. The van der Waals surface area contributed by atoms with Gasteiger partial charge in [-0.25, -0.2) is 8.42 Å². The summed E-state index contributed by atoms with van der Waals surface area (Å²) in [6, 6.07) is 4.66. The van der Waals surface area contributed by atoms with Crippen LogP contribution in [0.5, 0.6) is 0 Å². The molecule has 29 heavy (non-hydrogen) atoms. The second-order valence-electron chi connectivity index (χ2n) is 7.13. The monoisotopic (exact) mass is 422 g/mol. The van der Waals surface area contributed by atoms with E-state index >= 15 is 0 Å². The highest BCUT2D eigenvalue weighted by atomic mass is 32.2. The Morgan fingerprint density at radius 1 is 1.24 bits per heavy atom. The predicted octanol–water partition coefficient (Wildman–Crippen LogP) is 2.89. The van der Waals surface area contributed by atoms with Crippen LogP contribution in [0.1, 0.15) is 67.7 Å². The van der Waals surface area contributed by atoms with E-state index in [0.717, 1.165) is 5.56 Å². The molecule has 0 atom stereocenters. The topological polar surface area (TPSA) is 105 Å². The number of rotatable bonds is 10. The summed E-state index contributed by atoms with van der Waals surface area (Å²) in [5.41, 5.74) is 1.08. The third kappa shape index (κ3) is 5.63. The third-order valence-electron chi connectivity index (χ3n) is 4.65. The van der Waals surface area contributed by atoms with Crippen molar-refractivity contribution in [3.05, 3.63) is 41.0 Å². The molecule has 0 saturated carbocycles. The van der Waals surface area contributed by atoms with Gasteiger partial charge in [0, 0.05) is 37.5 Å². The lowest BCUT2D eigenvalue weighted by Gasteiger charge is -2.19. The zero-order chi connectivity index (χ0) is 21.6. The molecule has 1 amide bonds. The molecule has 1 aromatic heterocycles. The van der Waals surface area contributed by atoms with E-state index in [-0.39, 0.29) is 16.7 Å². The fourth-order valence-electron chi connectivity index (χ4n) is 2.86. The standard InChI is InChI=1S/C20H30N4O4S/c1-6-24(7-2)29(26,27)16-11-10-15(5)17(13-16)20(25)21-12-8-9-18-22-19(14(3)4)23-28-18/h10-11,13-14H,6-9,12H2,1-5H3,(H,21,25). The Labute approximate surface area is 172 Å². The molecule has 0 spiro atoms. The zero-order valence-electron chi connectivity index (χ0n) is 17.7. The minimum atomic E-state index is -3.61. The van der Waals surface area contributed by atoms with Gasteiger partial charge in [0.05, 0.1) is 4.90 Å². The van der Waals surface area contributed by atoms with Crippen LogP contribution < -0.4 is 5.32 Å². The highest BCUT2D eigenvalue weighted by Gasteiger charge is 2.23. The van der Waals surface area contributed by atoms with Crippen LogP contribution in [-0.2, 0) is 16.4 Å². The van der Waals surface area contributed by atoms with E-state index in [2.05, 4.69) is 15.5 Å². The number of aryl methyl sites for hydroxylation is 2. The fourth-order valence-corrected chi connectivity index (χ4v) is 4.34. The first-order valence-corrected chi connectivity index (χ1v) is 11.4. The summed E-state index contributed by atoms with van der Waals surface area (Å²) in [5, 5.41) is 6.75. The molecule has 0 fully saturated rings. The third-order valence-corrected chi connectivity index (χ3v) is 6.70. The van der Waals surface area contributed by atoms with Crippen LogP contribution in [0.15, 0.2) is 27.6 Å². The summed E-state index contributed by atoms with van der Waals surface area (Å²) in [5.74, 6) is 1.12. The Hall–Kier alpha value is -2.26. The molecule has 2 rings (SSSR count). The van der Waals surface area contributed by atoms with Gasteiger partial charge in [0.1, 0.15) is 0 Å². The van der Waals surface area contributed by atoms with Crippen molar-refractivity contribution in [1.82, 2.24) is 19.8 Å². The molecular weight excluding hydrogens is 392 g/mol. The normalized spacial score (nSPS) is 12.0. The van der Waals surface area contributed by atoms with Crippen molar-refractivity contribution >= 4 is 15.9 Å². The van der Waals surface area contributed by atoms with Crippen LogP contribution in [0.3, 0.4) is 0 Å². The average Bonchev–Trinajstić information content (AvgIpc) is 3.15. The van der Waals surface area contributed by atoms with Crippen molar-refractivity contribution < 1.29 is 17.7 Å². The van der Waals surface area contributed by atoms with Gasteiger partial charge in [-0.05, 0) is 31.0 Å².